The Kier molecular flexibility index (Phi) is 7.89. The second kappa shape index (κ2) is 10.5. The quantitative estimate of drug-likeness (QED) is 0.392. The average Bonchev–Trinajstić information content (AvgIpc) is 2.84. The molecule has 0 aliphatic carbocycles. The van der Waals surface area contributed by atoms with Crippen molar-refractivity contribution in [2.24, 2.45) is 0 Å². The lowest BCUT2D eigenvalue weighted by Crippen LogP contribution is -2.45. The highest BCUT2D eigenvalue weighted by molar-refractivity contribution is 6.31. The first kappa shape index (κ1) is 25.6. The van der Waals surface area contributed by atoms with Crippen LogP contribution in [0, 0.1) is 5.82 Å². The molecule has 0 aliphatic rings. The number of alkyl halides is 1. The predicted molar refractivity (Wildman–Crippen MR) is 128 cm³/mol. The number of nitrogens with zero attached hydrogens (tertiary/aromatic N) is 1. The molecule has 0 spiro atoms. The van der Waals surface area contributed by atoms with E-state index in [4.69, 9.17) is 16.3 Å². The lowest BCUT2D eigenvalue weighted by atomic mass is 9.88. The molecule has 0 saturated carbocycles. The number of nitrogens with one attached hydrogen (secondary N) is 1. The number of amides is 1. The second-order valence-electron chi connectivity index (χ2n) is 8.54. The van der Waals surface area contributed by atoms with E-state index in [1.807, 2.05) is 30.3 Å². The fourth-order valence-corrected chi connectivity index (χ4v) is 3.46. The largest absolute Gasteiger partial charge is 0.445 e. The molecule has 0 saturated heterocycles. The summed E-state index contributed by atoms with van der Waals surface area (Å²) in [5.41, 5.74) is -0.535. The highest BCUT2D eigenvalue weighted by Crippen LogP contribution is 2.33. The minimum Gasteiger partial charge on any atom is -0.445 e. The van der Waals surface area contributed by atoms with Gasteiger partial charge in [-0.2, -0.15) is 0 Å². The van der Waals surface area contributed by atoms with Crippen molar-refractivity contribution in [1.29, 1.82) is 0 Å². The first-order valence-electron chi connectivity index (χ1n) is 10.8. The van der Waals surface area contributed by atoms with E-state index in [2.05, 4.69) is 10.3 Å². The molecule has 1 heterocycles. The molecule has 2 unspecified atom stereocenters. The standard InChI is InChI=1S/C26H27ClF2N2O3/c1-4-26(3,33)23-14-19(13-22(30-23)18-10-11-21(29)20(27)12-18)25(2,16-28)31-24(32)34-15-17-8-6-5-7-9-17/h5-14,33H,4,15-16H2,1-3H3,(H,31,32). The summed E-state index contributed by atoms with van der Waals surface area (Å²) >= 11 is 5.95. The SMILES string of the molecule is CCC(C)(O)c1cc(C(C)(CF)NC(=O)OCc2ccccc2)cc(-c2ccc(F)c(Cl)c2)n1. The lowest BCUT2D eigenvalue weighted by molar-refractivity contribution is 0.0484. The summed E-state index contributed by atoms with van der Waals surface area (Å²) in [6, 6.07) is 16.3. The van der Waals surface area contributed by atoms with Crippen molar-refractivity contribution in [2.75, 3.05) is 6.67 Å². The van der Waals surface area contributed by atoms with E-state index in [-0.39, 0.29) is 17.3 Å². The first-order chi connectivity index (χ1) is 16.1. The minimum atomic E-state index is -1.48. The Balaban J connectivity index is 1.97. The summed E-state index contributed by atoms with van der Waals surface area (Å²) in [6.07, 6.45) is -0.456. The highest BCUT2D eigenvalue weighted by atomic mass is 35.5. The van der Waals surface area contributed by atoms with Crippen LogP contribution in [0.5, 0.6) is 0 Å². The van der Waals surface area contributed by atoms with Crippen molar-refractivity contribution >= 4 is 17.7 Å². The van der Waals surface area contributed by atoms with Crippen LogP contribution in [0.3, 0.4) is 0 Å². The number of benzene rings is 2. The van der Waals surface area contributed by atoms with Crippen LogP contribution in [0.4, 0.5) is 13.6 Å². The monoisotopic (exact) mass is 488 g/mol. The van der Waals surface area contributed by atoms with E-state index < -0.39 is 29.7 Å². The minimum absolute atomic E-state index is 0.0283. The Bertz CT molecular complexity index is 1160. The van der Waals surface area contributed by atoms with Crippen LogP contribution >= 0.6 is 11.6 Å². The molecular formula is C26H27ClF2N2O3. The average molecular weight is 489 g/mol. The van der Waals surface area contributed by atoms with Gasteiger partial charge in [-0.3, -0.25) is 0 Å². The van der Waals surface area contributed by atoms with E-state index in [0.717, 1.165) is 5.56 Å². The number of hydrogen-bond donors (Lipinski definition) is 2. The molecule has 180 valence electrons. The molecule has 3 rings (SSSR count). The summed E-state index contributed by atoms with van der Waals surface area (Å²) in [5, 5.41) is 13.4. The Labute approximate surface area is 202 Å². The molecule has 2 N–H and O–H groups in total. The van der Waals surface area contributed by atoms with Gasteiger partial charge >= 0.3 is 6.09 Å². The van der Waals surface area contributed by atoms with E-state index in [1.165, 1.54) is 25.1 Å². The van der Waals surface area contributed by atoms with Gasteiger partial charge in [0, 0.05) is 5.56 Å². The van der Waals surface area contributed by atoms with Crippen molar-refractivity contribution in [3.63, 3.8) is 0 Å². The van der Waals surface area contributed by atoms with Gasteiger partial charge in [-0.05, 0) is 61.7 Å². The number of pyridine rings is 1. The number of ether oxygens (including phenoxy) is 1. The van der Waals surface area contributed by atoms with Crippen molar-refractivity contribution in [3.8, 4) is 11.3 Å². The summed E-state index contributed by atoms with van der Waals surface area (Å²) in [6.45, 7) is 3.97. The maximum atomic E-state index is 14.4. The van der Waals surface area contributed by atoms with Gasteiger partial charge in [-0.1, -0.05) is 48.9 Å². The zero-order valence-electron chi connectivity index (χ0n) is 19.2. The van der Waals surface area contributed by atoms with Crippen LogP contribution < -0.4 is 5.32 Å². The summed E-state index contributed by atoms with van der Waals surface area (Å²) in [7, 11) is 0. The van der Waals surface area contributed by atoms with Crippen molar-refractivity contribution in [3.05, 3.63) is 88.3 Å². The molecule has 3 aromatic rings. The topological polar surface area (TPSA) is 71.5 Å². The molecule has 0 radical (unpaired) electrons. The van der Waals surface area contributed by atoms with Crippen molar-refractivity contribution in [1.82, 2.24) is 10.3 Å². The second-order valence-corrected chi connectivity index (χ2v) is 8.94. The Morgan fingerprint density at radius 1 is 1.15 bits per heavy atom. The van der Waals surface area contributed by atoms with Crippen molar-refractivity contribution in [2.45, 2.75) is 44.9 Å². The van der Waals surface area contributed by atoms with Crippen LogP contribution in [-0.4, -0.2) is 22.9 Å². The normalized spacial score (nSPS) is 14.7. The third-order valence-corrected chi connectivity index (χ3v) is 6.07. The number of alkyl carbamates (subject to hydrolysis) is 1. The molecule has 2 atom stereocenters. The van der Waals surface area contributed by atoms with Gasteiger partial charge in [-0.15, -0.1) is 0 Å². The summed E-state index contributed by atoms with van der Waals surface area (Å²) in [4.78, 5) is 17.0. The number of aliphatic hydroxyl groups is 1. The molecule has 8 heteroatoms. The molecule has 34 heavy (non-hydrogen) atoms. The van der Waals surface area contributed by atoms with Gasteiger partial charge in [0.05, 0.1) is 21.9 Å². The smallest absolute Gasteiger partial charge is 0.408 e. The number of carbonyl (C=O) groups excluding carboxylic acids is 1. The number of hydrogen-bond acceptors (Lipinski definition) is 4. The fraction of sp³-hybridized carbons (Fsp3) is 0.308. The molecule has 5 nitrogen and oxygen atoms in total. The molecular weight excluding hydrogens is 462 g/mol. The van der Waals surface area contributed by atoms with Crippen LogP contribution in [0.1, 0.15) is 44.0 Å². The Morgan fingerprint density at radius 2 is 1.85 bits per heavy atom. The zero-order valence-corrected chi connectivity index (χ0v) is 20.0. The van der Waals surface area contributed by atoms with Gasteiger partial charge in [0.25, 0.3) is 0 Å². The van der Waals surface area contributed by atoms with Crippen molar-refractivity contribution < 1.29 is 23.4 Å². The van der Waals surface area contributed by atoms with Gasteiger partial charge in [0.2, 0.25) is 0 Å². The van der Waals surface area contributed by atoms with E-state index >= 15 is 0 Å². The molecule has 0 aliphatic heterocycles. The zero-order chi connectivity index (χ0) is 24.9. The Morgan fingerprint density at radius 3 is 2.47 bits per heavy atom. The number of aromatic nitrogens is 1. The van der Waals surface area contributed by atoms with Crippen LogP contribution in [0.2, 0.25) is 5.02 Å². The van der Waals surface area contributed by atoms with Crippen LogP contribution in [0.25, 0.3) is 11.3 Å². The number of rotatable bonds is 8. The Hall–Kier alpha value is -3.03. The van der Waals surface area contributed by atoms with Gasteiger partial charge < -0.3 is 15.2 Å². The summed E-state index contributed by atoms with van der Waals surface area (Å²) < 4.78 is 33.4. The maximum Gasteiger partial charge on any atom is 0.408 e. The lowest BCUT2D eigenvalue weighted by Gasteiger charge is -2.30. The molecule has 0 fully saturated rings. The molecule has 1 amide bonds. The van der Waals surface area contributed by atoms with E-state index in [9.17, 15) is 18.7 Å². The third-order valence-electron chi connectivity index (χ3n) is 5.78. The van der Waals surface area contributed by atoms with Crippen LogP contribution in [0.15, 0.2) is 60.7 Å². The number of carbonyl (C=O) groups is 1. The summed E-state index contributed by atoms with van der Waals surface area (Å²) in [5.74, 6) is -0.584. The number of halogens is 3. The predicted octanol–water partition coefficient (Wildman–Crippen LogP) is 6.27. The van der Waals surface area contributed by atoms with E-state index in [1.54, 1.807) is 26.0 Å². The van der Waals surface area contributed by atoms with Crippen LogP contribution in [-0.2, 0) is 22.5 Å². The third kappa shape index (κ3) is 5.90. The van der Waals surface area contributed by atoms with Gasteiger partial charge in [0.15, 0.2) is 0 Å². The maximum absolute atomic E-state index is 14.4. The highest BCUT2D eigenvalue weighted by Gasteiger charge is 2.33. The van der Waals surface area contributed by atoms with Gasteiger partial charge in [-0.25, -0.2) is 18.6 Å². The fourth-order valence-electron chi connectivity index (χ4n) is 3.28. The molecule has 2 aromatic carbocycles. The van der Waals surface area contributed by atoms with E-state index in [0.29, 0.717) is 23.2 Å². The molecule has 0 bridgehead atoms. The molecule has 1 aromatic heterocycles. The van der Waals surface area contributed by atoms with Gasteiger partial charge in [0.1, 0.15) is 24.7 Å². The first-order valence-corrected chi connectivity index (χ1v) is 11.2.